The molecule has 1 amide bonds. The summed E-state index contributed by atoms with van der Waals surface area (Å²) < 4.78 is 4.81. The van der Waals surface area contributed by atoms with E-state index in [1.165, 1.54) is 7.11 Å². The van der Waals surface area contributed by atoms with Gasteiger partial charge in [0.05, 0.1) is 12.6 Å². The van der Waals surface area contributed by atoms with Gasteiger partial charge in [0.25, 0.3) is 5.91 Å². The number of fused-ring (bicyclic) bond motifs is 1. The summed E-state index contributed by atoms with van der Waals surface area (Å²) in [5.74, 6) is -0.911. The third-order valence-corrected chi connectivity index (χ3v) is 4.10. The smallest absolute Gasteiger partial charge is 0.328 e. The highest BCUT2D eigenvalue weighted by Gasteiger charge is 2.21. The first kappa shape index (κ1) is 18.3. The van der Waals surface area contributed by atoms with Crippen molar-refractivity contribution in [1.82, 2.24) is 10.3 Å². The van der Waals surface area contributed by atoms with Crippen molar-refractivity contribution in [2.75, 3.05) is 7.11 Å². The fraction of sp³-hybridized carbons (Fsp3) is 0.136. The zero-order valence-electron chi connectivity index (χ0n) is 15.0. The zero-order valence-corrected chi connectivity index (χ0v) is 15.0. The molecule has 0 bridgehead atoms. The van der Waals surface area contributed by atoms with E-state index < -0.39 is 17.9 Å². The van der Waals surface area contributed by atoms with E-state index in [1.807, 2.05) is 72.8 Å². The Balaban J connectivity index is 1.71. The van der Waals surface area contributed by atoms with Crippen LogP contribution in [0.5, 0.6) is 0 Å². The van der Waals surface area contributed by atoms with Gasteiger partial charge in [0.2, 0.25) is 0 Å². The first-order chi connectivity index (χ1) is 13.2. The molecule has 3 aromatic rings. The second kappa shape index (κ2) is 8.76. The average Bonchev–Trinajstić information content (AvgIpc) is 2.72. The molecule has 5 nitrogen and oxygen atoms in total. The molecule has 27 heavy (non-hydrogen) atoms. The topological polar surface area (TPSA) is 68.3 Å². The van der Waals surface area contributed by atoms with Crippen molar-refractivity contribution in [3.05, 3.63) is 84.1 Å². The fourth-order valence-electron chi connectivity index (χ4n) is 2.69. The van der Waals surface area contributed by atoms with Crippen LogP contribution < -0.4 is 5.32 Å². The maximum atomic E-state index is 12.5. The Morgan fingerprint density at radius 2 is 1.78 bits per heavy atom. The van der Waals surface area contributed by atoms with Crippen LogP contribution >= 0.6 is 0 Å². The van der Waals surface area contributed by atoms with Gasteiger partial charge in [-0.25, -0.2) is 9.78 Å². The van der Waals surface area contributed by atoms with Gasteiger partial charge < -0.3 is 10.1 Å². The van der Waals surface area contributed by atoms with Gasteiger partial charge >= 0.3 is 5.97 Å². The predicted octanol–water partition coefficient (Wildman–Crippen LogP) is 3.61. The molecule has 0 aliphatic heterocycles. The normalized spacial score (nSPS) is 12.0. The molecule has 0 spiro atoms. The molecule has 3 rings (SSSR count). The number of carbonyl (C=O) groups is 2. The molecule has 0 unspecified atom stereocenters. The van der Waals surface area contributed by atoms with Gasteiger partial charge in [-0.3, -0.25) is 4.79 Å². The first-order valence-corrected chi connectivity index (χ1v) is 8.63. The lowest BCUT2D eigenvalue weighted by atomic mass is 10.1. The monoisotopic (exact) mass is 360 g/mol. The van der Waals surface area contributed by atoms with E-state index in [-0.39, 0.29) is 5.69 Å². The number of para-hydroxylation sites is 1. The SMILES string of the molecule is COC(=O)[C@@H](C/C=C/c1ccccc1)NC(=O)c1ccc2ccccc2n1. The molecule has 1 atom stereocenters. The number of hydrogen-bond donors (Lipinski definition) is 1. The van der Waals surface area contributed by atoms with Crippen molar-refractivity contribution in [1.29, 1.82) is 0 Å². The highest BCUT2D eigenvalue weighted by atomic mass is 16.5. The number of pyridine rings is 1. The maximum Gasteiger partial charge on any atom is 0.328 e. The highest BCUT2D eigenvalue weighted by molar-refractivity contribution is 5.97. The van der Waals surface area contributed by atoms with Gasteiger partial charge in [-0.15, -0.1) is 0 Å². The van der Waals surface area contributed by atoms with Crippen LogP contribution in [0.15, 0.2) is 72.8 Å². The molecular formula is C22H20N2O3. The Labute approximate surface area is 157 Å². The standard InChI is InChI=1S/C22H20N2O3/c1-27-22(26)20(13-7-10-16-8-3-2-4-9-16)24-21(25)19-15-14-17-11-5-6-12-18(17)23-19/h2-12,14-15,20H,13H2,1H3,(H,24,25)/b10-7+/t20-/m1/s1. The molecule has 0 aliphatic rings. The number of carbonyl (C=O) groups excluding carboxylic acids is 2. The summed E-state index contributed by atoms with van der Waals surface area (Å²) >= 11 is 0. The Morgan fingerprint density at radius 3 is 2.56 bits per heavy atom. The second-order valence-corrected chi connectivity index (χ2v) is 5.99. The molecule has 2 aromatic carbocycles. The van der Waals surface area contributed by atoms with Gasteiger partial charge in [-0.2, -0.15) is 0 Å². The summed E-state index contributed by atoms with van der Waals surface area (Å²) in [6.45, 7) is 0. The molecule has 0 radical (unpaired) electrons. The summed E-state index contributed by atoms with van der Waals surface area (Å²) in [6.07, 6.45) is 4.06. The molecule has 1 heterocycles. The minimum atomic E-state index is -0.782. The van der Waals surface area contributed by atoms with Crippen LogP contribution in [0.2, 0.25) is 0 Å². The van der Waals surface area contributed by atoms with Gasteiger partial charge in [-0.05, 0) is 24.1 Å². The second-order valence-electron chi connectivity index (χ2n) is 5.99. The zero-order chi connectivity index (χ0) is 19.1. The lowest BCUT2D eigenvalue weighted by molar-refractivity contribution is -0.142. The van der Waals surface area contributed by atoms with Gasteiger partial charge in [0.15, 0.2) is 0 Å². The summed E-state index contributed by atoms with van der Waals surface area (Å²) in [4.78, 5) is 28.9. The quantitative estimate of drug-likeness (QED) is 0.682. The van der Waals surface area contributed by atoms with E-state index >= 15 is 0 Å². The van der Waals surface area contributed by atoms with Crippen molar-refractivity contribution in [3.8, 4) is 0 Å². The average molecular weight is 360 g/mol. The summed E-state index contributed by atoms with van der Waals surface area (Å²) in [5.41, 5.74) is 2.00. The van der Waals surface area contributed by atoms with Crippen LogP contribution in [0.1, 0.15) is 22.5 Å². The highest BCUT2D eigenvalue weighted by Crippen LogP contribution is 2.12. The Bertz CT molecular complexity index is 967. The molecule has 5 heteroatoms. The summed E-state index contributed by atoms with van der Waals surface area (Å²) in [6, 6.07) is 20.0. The number of aromatic nitrogens is 1. The number of rotatable bonds is 6. The van der Waals surface area contributed by atoms with E-state index in [4.69, 9.17) is 4.74 Å². The predicted molar refractivity (Wildman–Crippen MR) is 105 cm³/mol. The Hall–Kier alpha value is -3.47. The van der Waals surface area contributed by atoms with E-state index in [0.29, 0.717) is 6.42 Å². The number of hydrogen-bond acceptors (Lipinski definition) is 4. The summed E-state index contributed by atoms with van der Waals surface area (Å²) in [7, 11) is 1.30. The number of esters is 1. The van der Waals surface area contributed by atoms with Crippen LogP contribution in [0.25, 0.3) is 17.0 Å². The van der Waals surface area contributed by atoms with Crippen LogP contribution in [0.3, 0.4) is 0 Å². The number of methoxy groups -OCH3 is 1. The number of amides is 1. The third kappa shape index (κ3) is 4.79. The molecule has 0 aliphatic carbocycles. The molecule has 0 saturated heterocycles. The van der Waals surface area contributed by atoms with Gasteiger partial charge in [0, 0.05) is 5.39 Å². The van der Waals surface area contributed by atoms with Crippen LogP contribution in [0.4, 0.5) is 0 Å². The van der Waals surface area contributed by atoms with Crippen LogP contribution in [-0.2, 0) is 9.53 Å². The van der Waals surface area contributed by atoms with E-state index in [0.717, 1.165) is 16.5 Å². The number of ether oxygens (including phenoxy) is 1. The first-order valence-electron chi connectivity index (χ1n) is 8.63. The molecule has 1 N–H and O–H groups in total. The Morgan fingerprint density at radius 1 is 1.04 bits per heavy atom. The number of benzene rings is 2. The van der Waals surface area contributed by atoms with Crippen molar-refractivity contribution >= 4 is 28.9 Å². The minimum Gasteiger partial charge on any atom is -0.467 e. The number of nitrogens with zero attached hydrogens (tertiary/aromatic N) is 1. The fourth-order valence-corrected chi connectivity index (χ4v) is 2.69. The van der Waals surface area contributed by atoms with Crippen molar-refractivity contribution in [2.45, 2.75) is 12.5 Å². The van der Waals surface area contributed by atoms with Crippen molar-refractivity contribution in [2.24, 2.45) is 0 Å². The summed E-state index contributed by atoms with van der Waals surface area (Å²) in [5, 5.41) is 3.66. The molecule has 136 valence electrons. The lowest BCUT2D eigenvalue weighted by Gasteiger charge is -2.14. The third-order valence-electron chi connectivity index (χ3n) is 4.10. The van der Waals surface area contributed by atoms with Crippen molar-refractivity contribution < 1.29 is 14.3 Å². The van der Waals surface area contributed by atoms with E-state index in [9.17, 15) is 9.59 Å². The lowest BCUT2D eigenvalue weighted by Crippen LogP contribution is -2.41. The van der Waals surface area contributed by atoms with Crippen molar-refractivity contribution in [3.63, 3.8) is 0 Å². The van der Waals surface area contributed by atoms with Crippen LogP contribution in [-0.4, -0.2) is 30.0 Å². The number of nitrogens with one attached hydrogen (secondary N) is 1. The minimum absolute atomic E-state index is 0.259. The van der Waals surface area contributed by atoms with E-state index in [2.05, 4.69) is 10.3 Å². The van der Waals surface area contributed by atoms with Gasteiger partial charge in [-0.1, -0.05) is 66.7 Å². The maximum absolute atomic E-state index is 12.5. The van der Waals surface area contributed by atoms with Gasteiger partial charge in [0.1, 0.15) is 11.7 Å². The Kier molecular flexibility index (Phi) is 5.94. The van der Waals surface area contributed by atoms with Crippen LogP contribution in [0, 0.1) is 0 Å². The molecule has 0 fully saturated rings. The molecule has 0 saturated carbocycles. The largest absolute Gasteiger partial charge is 0.467 e. The molecular weight excluding hydrogens is 340 g/mol. The molecule has 1 aromatic heterocycles. The van der Waals surface area contributed by atoms with E-state index in [1.54, 1.807) is 6.07 Å².